The van der Waals surface area contributed by atoms with Crippen LogP contribution in [-0.2, 0) is 5.41 Å². The summed E-state index contributed by atoms with van der Waals surface area (Å²) < 4.78 is 5.61. The first-order chi connectivity index (χ1) is 8.88. The molecule has 0 atom stereocenters. The molecule has 0 aliphatic rings. The molecule has 0 unspecified atom stereocenters. The van der Waals surface area contributed by atoms with E-state index >= 15 is 0 Å². The Balaban J connectivity index is 2.42. The van der Waals surface area contributed by atoms with Gasteiger partial charge in [-0.25, -0.2) is 0 Å². The maximum absolute atomic E-state index is 11.7. The Hall–Kier alpha value is -1.81. The molecule has 2 rings (SSSR count). The van der Waals surface area contributed by atoms with E-state index in [2.05, 4.69) is 31.0 Å². The lowest BCUT2D eigenvalue weighted by molar-refractivity contribution is 0.430. The van der Waals surface area contributed by atoms with Crippen molar-refractivity contribution in [3.05, 3.63) is 51.3 Å². The standard InChI is InChI=1S/C14H15ClN2O2/c1-14(2,3)9-6-4-5-7-11(9)19-13-10(18)8-12(15)16-17-13/h4-8H,1-3H3,(H,16,18). The highest BCUT2D eigenvalue weighted by Gasteiger charge is 2.19. The molecule has 19 heavy (non-hydrogen) atoms. The molecule has 0 spiro atoms. The van der Waals surface area contributed by atoms with Crippen LogP contribution >= 0.6 is 11.6 Å². The minimum Gasteiger partial charge on any atom is -0.434 e. The van der Waals surface area contributed by atoms with Crippen LogP contribution in [0.2, 0.25) is 5.15 Å². The predicted octanol–water partition coefficient (Wildman–Crippen LogP) is 3.51. The predicted molar refractivity (Wildman–Crippen MR) is 75.1 cm³/mol. The molecule has 0 radical (unpaired) electrons. The van der Waals surface area contributed by atoms with Crippen molar-refractivity contribution < 1.29 is 4.74 Å². The van der Waals surface area contributed by atoms with Gasteiger partial charge in [0.1, 0.15) is 10.9 Å². The van der Waals surface area contributed by atoms with Crippen LogP contribution in [-0.4, -0.2) is 10.2 Å². The second kappa shape index (κ2) is 5.05. The van der Waals surface area contributed by atoms with Crippen molar-refractivity contribution in [3.8, 4) is 11.6 Å². The number of hydrogen-bond donors (Lipinski definition) is 1. The lowest BCUT2D eigenvalue weighted by Gasteiger charge is -2.21. The van der Waals surface area contributed by atoms with Gasteiger partial charge < -0.3 is 4.74 Å². The number of aromatic amines is 1. The van der Waals surface area contributed by atoms with E-state index in [1.807, 2.05) is 24.3 Å². The highest BCUT2D eigenvalue weighted by molar-refractivity contribution is 6.29. The number of aromatic nitrogens is 2. The zero-order valence-corrected chi connectivity index (χ0v) is 11.8. The SMILES string of the molecule is CC(C)(C)c1ccccc1Oc1n[nH]c(Cl)cc1=O. The molecule has 0 fully saturated rings. The van der Waals surface area contributed by atoms with E-state index in [4.69, 9.17) is 16.3 Å². The van der Waals surface area contributed by atoms with Crippen molar-refractivity contribution in [1.29, 1.82) is 0 Å². The molecular formula is C14H15ClN2O2. The number of nitrogens with one attached hydrogen (secondary N) is 1. The average molecular weight is 279 g/mol. The maximum atomic E-state index is 11.7. The lowest BCUT2D eigenvalue weighted by Crippen LogP contribution is -2.14. The summed E-state index contributed by atoms with van der Waals surface area (Å²) >= 11 is 5.65. The highest BCUT2D eigenvalue weighted by atomic mass is 35.5. The zero-order valence-electron chi connectivity index (χ0n) is 11.0. The molecule has 0 amide bonds. The van der Waals surface area contributed by atoms with E-state index in [1.54, 1.807) is 0 Å². The number of para-hydroxylation sites is 1. The van der Waals surface area contributed by atoms with E-state index in [1.165, 1.54) is 6.07 Å². The Bertz CT molecular complexity index is 644. The van der Waals surface area contributed by atoms with E-state index in [-0.39, 0.29) is 21.9 Å². The highest BCUT2D eigenvalue weighted by Crippen LogP contribution is 2.32. The van der Waals surface area contributed by atoms with Crippen LogP contribution in [0.4, 0.5) is 0 Å². The van der Waals surface area contributed by atoms with Crippen LogP contribution in [0.25, 0.3) is 0 Å². The number of H-pyrrole nitrogens is 1. The first-order valence-electron chi connectivity index (χ1n) is 5.90. The second-order valence-electron chi connectivity index (χ2n) is 5.23. The Kier molecular flexibility index (Phi) is 3.62. The fraction of sp³-hybridized carbons (Fsp3) is 0.286. The van der Waals surface area contributed by atoms with Crippen LogP contribution in [0.15, 0.2) is 35.1 Å². The molecule has 0 aliphatic carbocycles. The molecule has 1 aromatic carbocycles. The first kappa shape index (κ1) is 13.6. The average Bonchev–Trinajstić information content (AvgIpc) is 2.32. The van der Waals surface area contributed by atoms with Crippen LogP contribution in [0.3, 0.4) is 0 Å². The molecule has 1 aromatic heterocycles. The van der Waals surface area contributed by atoms with Crippen LogP contribution in [0.5, 0.6) is 11.6 Å². The third kappa shape index (κ3) is 3.15. The Morgan fingerprint density at radius 2 is 1.95 bits per heavy atom. The third-order valence-corrected chi connectivity index (χ3v) is 2.83. The van der Waals surface area contributed by atoms with Gasteiger partial charge in [0.2, 0.25) is 5.43 Å². The van der Waals surface area contributed by atoms with Crippen molar-refractivity contribution in [3.63, 3.8) is 0 Å². The molecule has 0 bridgehead atoms. The summed E-state index contributed by atoms with van der Waals surface area (Å²) in [4.78, 5) is 11.7. The molecule has 0 saturated heterocycles. The van der Waals surface area contributed by atoms with Gasteiger partial charge in [0, 0.05) is 11.6 Å². The van der Waals surface area contributed by atoms with Gasteiger partial charge in [-0.15, -0.1) is 5.10 Å². The number of hydrogen-bond acceptors (Lipinski definition) is 3. The van der Waals surface area contributed by atoms with E-state index in [0.717, 1.165) is 5.56 Å². The fourth-order valence-electron chi connectivity index (χ4n) is 1.72. The summed E-state index contributed by atoms with van der Waals surface area (Å²) in [5.74, 6) is 0.608. The normalized spacial score (nSPS) is 11.4. The molecule has 5 heteroatoms. The summed E-state index contributed by atoms with van der Waals surface area (Å²) in [6.07, 6.45) is 0. The molecule has 0 aliphatic heterocycles. The number of rotatable bonds is 2. The summed E-state index contributed by atoms with van der Waals surface area (Å²) in [6, 6.07) is 8.82. The Morgan fingerprint density at radius 3 is 2.58 bits per heavy atom. The van der Waals surface area contributed by atoms with Crippen LogP contribution in [0, 0.1) is 0 Å². The molecule has 4 nitrogen and oxygen atoms in total. The molecule has 0 saturated carbocycles. The third-order valence-electron chi connectivity index (χ3n) is 2.63. The zero-order chi connectivity index (χ0) is 14.0. The largest absolute Gasteiger partial charge is 0.434 e. The summed E-state index contributed by atoms with van der Waals surface area (Å²) in [7, 11) is 0. The number of benzene rings is 1. The molecule has 2 aromatic rings. The van der Waals surface area contributed by atoms with Gasteiger partial charge >= 0.3 is 0 Å². The lowest BCUT2D eigenvalue weighted by atomic mass is 9.86. The van der Waals surface area contributed by atoms with Gasteiger partial charge in [-0.1, -0.05) is 50.6 Å². The Morgan fingerprint density at radius 1 is 1.26 bits per heavy atom. The van der Waals surface area contributed by atoms with Crippen molar-refractivity contribution in [2.24, 2.45) is 0 Å². The minimum atomic E-state index is -0.354. The van der Waals surface area contributed by atoms with Gasteiger partial charge in [-0.05, 0) is 11.5 Å². The first-order valence-corrected chi connectivity index (χ1v) is 6.28. The van der Waals surface area contributed by atoms with Crippen molar-refractivity contribution in [1.82, 2.24) is 10.2 Å². The Labute approximate surface area is 116 Å². The number of nitrogens with zero attached hydrogens (tertiary/aromatic N) is 1. The smallest absolute Gasteiger partial charge is 0.285 e. The van der Waals surface area contributed by atoms with Gasteiger partial charge in [0.05, 0.1) is 0 Å². The minimum absolute atomic E-state index is 0.0129. The van der Waals surface area contributed by atoms with Crippen molar-refractivity contribution in [2.75, 3.05) is 0 Å². The molecule has 100 valence electrons. The van der Waals surface area contributed by atoms with Crippen LogP contribution < -0.4 is 10.2 Å². The van der Waals surface area contributed by atoms with Crippen LogP contribution in [0.1, 0.15) is 26.3 Å². The number of ether oxygens (including phenoxy) is 1. The van der Waals surface area contributed by atoms with Gasteiger partial charge in [0.25, 0.3) is 5.88 Å². The van der Waals surface area contributed by atoms with E-state index in [0.29, 0.717) is 5.75 Å². The molecule has 1 N–H and O–H groups in total. The van der Waals surface area contributed by atoms with E-state index in [9.17, 15) is 4.79 Å². The molecule has 1 heterocycles. The second-order valence-corrected chi connectivity index (χ2v) is 5.64. The maximum Gasteiger partial charge on any atom is 0.285 e. The summed E-state index contributed by atoms with van der Waals surface area (Å²) in [6.45, 7) is 6.23. The fourth-order valence-corrected chi connectivity index (χ4v) is 1.86. The summed E-state index contributed by atoms with van der Waals surface area (Å²) in [5, 5.41) is 6.50. The van der Waals surface area contributed by atoms with Crippen molar-refractivity contribution >= 4 is 11.6 Å². The quantitative estimate of drug-likeness (QED) is 0.914. The van der Waals surface area contributed by atoms with Crippen molar-refractivity contribution in [2.45, 2.75) is 26.2 Å². The topological polar surface area (TPSA) is 55.0 Å². The monoisotopic (exact) mass is 278 g/mol. The van der Waals surface area contributed by atoms with E-state index < -0.39 is 0 Å². The molecular weight excluding hydrogens is 264 g/mol. The summed E-state index contributed by atoms with van der Waals surface area (Å²) in [5.41, 5.74) is 0.564. The van der Waals surface area contributed by atoms with Gasteiger partial charge in [0.15, 0.2) is 0 Å². The number of halogens is 1. The van der Waals surface area contributed by atoms with Gasteiger partial charge in [-0.3, -0.25) is 9.89 Å². The van der Waals surface area contributed by atoms with Gasteiger partial charge in [-0.2, -0.15) is 0 Å².